The molecular weight excluding hydrogens is 352 g/mol. The first kappa shape index (κ1) is 20.7. The number of carboxylic acid groups (broad SMARTS) is 1. The molecule has 4 aliphatic carbocycles. The molecule has 4 aliphatic rings. The van der Waals surface area contributed by atoms with Gasteiger partial charge >= 0.3 is 5.97 Å². The van der Waals surface area contributed by atoms with Crippen LogP contribution in [-0.2, 0) is 4.79 Å². The summed E-state index contributed by atoms with van der Waals surface area (Å²) >= 11 is 0. The Bertz CT molecular complexity index is 605. The Morgan fingerprint density at radius 2 is 1.68 bits per heavy atom. The Labute approximate surface area is 170 Å². The van der Waals surface area contributed by atoms with Crippen molar-refractivity contribution in [2.24, 2.45) is 46.3 Å². The smallest absolute Gasteiger partial charge is 0.303 e. The lowest BCUT2D eigenvalue weighted by Gasteiger charge is -2.62. The van der Waals surface area contributed by atoms with Gasteiger partial charge in [0.15, 0.2) is 0 Å². The summed E-state index contributed by atoms with van der Waals surface area (Å²) in [5.74, 6) is 2.36. The van der Waals surface area contributed by atoms with Crippen molar-refractivity contribution in [3.8, 4) is 0 Å². The van der Waals surface area contributed by atoms with Gasteiger partial charge in [-0.3, -0.25) is 4.79 Å². The summed E-state index contributed by atoms with van der Waals surface area (Å²) in [6.45, 7) is 7.16. The molecule has 0 saturated heterocycles. The highest BCUT2D eigenvalue weighted by Crippen LogP contribution is 2.68. The largest absolute Gasteiger partial charge is 0.481 e. The van der Waals surface area contributed by atoms with E-state index in [4.69, 9.17) is 5.11 Å². The minimum absolute atomic E-state index is 0.179. The molecule has 0 aromatic heterocycles. The molecule has 4 nitrogen and oxygen atoms in total. The summed E-state index contributed by atoms with van der Waals surface area (Å²) in [4.78, 5) is 11.1. The van der Waals surface area contributed by atoms with E-state index in [0.29, 0.717) is 35.5 Å². The van der Waals surface area contributed by atoms with Crippen LogP contribution in [0.3, 0.4) is 0 Å². The zero-order valence-corrected chi connectivity index (χ0v) is 17.9. The first-order valence-electron chi connectivity index (χ1n) is 11.7. The average molecular weight is 393 g/mol. The Hall–Kier alpha value is -0.610. The summed E-state index contributed by atoms with van der Waals surface area (Å²) in [5.41, 5.74) is 0.523. The van der Waals surface area contributed by atoms with Gasteiger partial charge in [-0.15, -0.1) is 0 Å². The first-order valence-corrected chi connectivity index (χ1v) is 11.7. The van der Waals surface area contributed by atoms with E-state index in [9.17, 15) is 15.0 Å². The third-order valence-electron chi connectivity index (χ3n) is 10.2. The van der Waals surface area contributed by atoms with E-state index in [1.165, 1.54) is 25.7 Å². The zero-order chi connectivity index (χ0) is 20.3. The molecule has 160 valence electrons. The lowest BCUT2D eigenvalue weighted by molar-refractivity contribution is -0.174. The monoisotopic (exact) mass is 392 g/mol. The van der Waals surface area contributed by atoms with Gasteiger partial charge in [0.25, 0.3) is 0 Å². The second kappa shape index (κ2) is 7.27. The molecule has 10 atom stereocenters. The van der Waals surface area contributed by atoms with Crippen molar-refractivity contribution < 1.29 is 20.1 Å². The molecule has 4 fully saturated rings. The molecule has 0 aliphatic heterocycles. The second-order valence-electron chi connectivity index (χ2n) is 11.4. The highest BCUT2D eigenvalue weighted by Gasteiger charge is 2.62. The zero-order valence-electron chi connectivity index (χ0n) is 17.9. The lowest BCUT2D eigenvalue weighted by atomic mass is 9.43. The Balaban J connectivity index is 1.55. The quantitative estimate of drug-likeness (QED) is 0.659. The molecular formula is C24H40O4. The van der Waals surface area contributed by atoms with E-state index in [1.807, 2.05) is 0 Å². The molecule has 3 unspecified atom stereocenters. The van der Waals surface area contributed by atoms with Crippen molar-refractivity contribution in [1.82, 2.24) is 0 Å². The van der Waals surface area contributed by atoms with Gasteiger partial charge in [0.05, 0.1) is 12.2 Å². The standard InChI is InChI=1S/C24H40O4/c1-14(4-7-21(27)28)17-5-6-18-22-19(9-11-24(17,18)3)23(2)10-8-16(25)12-15(23)13-20(22)26/h14-20,22,25-26H,4-13H2,1-3H3,(H,27,28)/t14-,15?,16+,17-,18-,19?,20+,22?,23+,24-/m1/s1. The summed E-state index contributed by atoms with van der Waals surface area (Å²) in [6, 6.07) is 0. The van der Waals surface area contributed by atoms with Crippen LogP contribution in [0.25, 0.3) is 0 Å². The minimum Gasteiger partial charge on any atom is -0.481 e. The number of aliphatic hydroxyl groups excluding tert-OH is 2. The molecule has 4 heteroatoms. The fourth-order valence-electron chi connectivity index (χ4n) is 8.73. The fourth-order valence-corrected chi connectivity index (χ4v) is 8.73. The normalized spacial score (nSPS) is 51.7. The predicted molar refractivity (Wildman–Crippen MR) is 109 cm³/mol. The van der Waals surface area contributed by atoms with Gasteiger partial charge in [0.2, 0.25) is 0 Å². The van der Waals surface area contributed by atoms with E-state index in [-0.39, 0.29) is 29.5 Å². The maximum Gasteiger partial charge on any atom is 0.303 e. The molecule has 28 heavy (non-hydrogen) atoms. The third kappa shape index (κ3) is 3.14. The Morgan fingerprint density at radius 1 is 1.00 bits per heavy atom. The van der Waals surface area contributed by atoms with Crippen molar-refractivity contribution in [3.05, 3.63) is 0 Å². The Morgan fingerprint density at radius 3 is 2.39 bits per heavy atom. The van der Waals surface area contributed by atoms with Crippen molar-refractivity contribution in [2.45, 2.75) is 97.2 Å². The van der Waals surface area contributed by atoms with Gasteiger partial charge in [-0.25, -0.2) is 0 Å². The van der Waals surface area contributed by atoms with Crippen LogP contribution in [0, 0.1) is 46.3 Å². The van der Waals surface area contributed by atoms with Gasteiger partial charge in [-0.05, 0) is 104 Å². The highest BCUT2D eigenvalue weighted by atomic mass is 16.4. The van der Waals surface area contributed by atoms with Gasteiger partial charge < -0.3 is 15.3 Å². The SMILES string of the molecule is C[C@H](CCC(=O)O)[C@H]1CC[C@@H]2C3C(CC[C@@]21C)[C@@]1(C)CC[C@H](O)CC1C[C@@H]3O. The third-order valence-corrected chi connectivity index (χ3v) is 10.2. The van der Waals surface area contributed by atoms with Crippen molar-refractivity contribution in [2.75, 3.05) is 0 Å². The number of carbonyl (C=O) groups is 1. The van der Waals surface area contributed by atoms with E-state index in [0.717, 1.165) is 32.1 Å². The predicted octanol–water partition coefficient (Wildman–Crippen LogP) is 4.48. The van der Waals surface area contributed by atoms with Crippen molar-refractivity contribution in [3.63, 3.8) is 0 Å². The summed E-state index contributed by atoms with van der Waals surface area (Å²) in [5, 5.41) is 30.5. The van der Waals surface area contributed by atoms with Crippen molar-refractivity contribution >= 4 is 5.97 Å². The maximum absolute atomic E-state index is 11.2. The minimum atomic E-state index is -0.684. The van der Waals surface area contributed by atoms with Gasteiger partial charge in [0, 0.05) is 6.42 Å². The number of hydrogen-bond acceptors (Lipinski definition) is 3. The molecule has 0 aromatic rings. The summed E-state index contributed by atoms with van der Waals surface area (Å²) < 4.78 is 0. The van der Waals surface area contributed by atoms with Crippen LogP contribution in [0.15, 0.2) is 0 Å². The molecule has 4 saturated carbocycles. The Kier molecular flexibility index (Phi) is 5.36. The first-order chi connectivity index (χ1) is 13.2. The number of fused-ring (bicyclic) bond motifs is 5. The number of carboxylic acids is 1. The molecule has 0 amide bonds. The molecule has 0 radical (unpaired) electrons. The number of rotatable bonds is 4. The summed E-state index contributed by atoms with van der Waals surface area (Å²) in [7, 11) is 0. The molecule has 0 spiro atoms. The van der Waals surface area contributed by atoms with Crippen LogP contribution in [-0.4, -0.2) is 33.5 Å². The maximum atomic E-state index is 11.2. The highest BCUT2D eigenvalue weighted by molar-refractivity contribution is 5.66. The van der Waals surface area contributed by atoms with Crippen LogP contribution in [0.1, 0.15) is 85.0 Å². The van der Waals surface area contributed by atoms with Crippen molar-refractivity contribution in [1.29, 1.82) is 0 Å². The average Bonchev–Trinajstić information content (AvgIpc) is 2.98. The van der Waals surface area contributed by atoms with E-state index < -0.39 is 5.97 Å². The second-order valence-corrected chi connectivity index (χ2v) is 11.4. The molecule has 4 rings (SSSR count). The lowest BCUT2D eigenvalue weighted by Crippen LogP contribution is -2.58. The van der Waals surface area contributed by atoms with Gasteiger partial charge in [-0.1, -0.05) is 20.8 Å². The fraction of sp³-hybridized carbons (Fsp3) is 0.958. The van der Waals surface area contributed by atoms with E-state index in [1.54, 1.807) is 0 Å². The topological polar surface area (TPSA) is 77.8 Å². The van der Waals surface area contributed by atoms with Crippen LogP contribution < -0.4 is 0 Å². The van der Waals surface area contributed by atoms with E-state index >= 15 is 0 Å². The molecule has 0 aromatic carbocycles. The molecule has 3 N–H and O–H groups in total. The van der Waals surface area contributed by atoms with Gasteiger partial charge in [-0.2, -0.15) is 0 Å². The number of aliphatic hydroxyl groups is 2. The molecule has 0 heterocycles. The van der Waals surface area contributed by atoms with E-state index in [2.05, 4.69) is 20.8 Å². The number of aliphatic carboxylic acids is 1. The van der Waals surface area contributed by atoms with Crippen LogP contribution >= 0.6 is 0 Å². The van der Waals surface area contributed by atoms with Crippen LogP contribution in [0.4, 0.5) is 0 Å². The van der Waals surface area contributed by atoms with Crippen LogP contribution in [0.2, 0.25) is 0 Å². The van der Waals surface area contributed by atoms with Gasteiger partial charge in [0.1, 0.15) is 0 Å². The number of hydrogen-bond donors (Lipinski definition) is 3. The summed E-state index contributed by atoms with van der Waals surface area (Å²) in [6.07, 6.45) is 9.19. The molecule has 0 bridgehead atoms. The van der Waals surface area contributed by atoms with Crippen LogP contribution in [0.5, 0.6) is 0 Å².